The number of aromatic amines is 1. The molecule has 0 spiro atoms. The first-order valence-electron chi connectivity index (χ1n) is 7.64. The molecule has 0 aliphatic heterocycles. The Hall–Kier alpha value is -1.72. The molecule has 1 aromatic rings. The Balaban J connectivity index is 1.79. The molecule has 2 N–H and O–H groups in total. The second-order valence-electron chi connectivity index (χ2n) is 6.51. The van der Waals surface area contributed by atoms with E-state index in [-0.39, 0.29) is 5.56 Å². The molecule has 0 saturated heterocycles. The minimum absolute atomic E-state index is 0.0461. The second kappa shape index (κ2) is 6.37. The number of fused-ring (bicyclic) bond motifs is 1. The standard InChI is InChI=1S/C15H25N3O3/c1-15(2,3)21-14(20)16-9-6-10-18-12-8-5-4-7-11(12)13(19)17-18/h4-10H2,1-3H3,(H,16,20)(H,17,19). The van der Waals surface area contributed by atoms with Crippen LogP contribution < -0.4 is 10.9 Å². The summed E-state index contributed by atoms with van der Waals surface area (Å²) >= 11 is 0. The molecule has 0 atom stereocenters. The maximum atomic E-state index is 11.8. The highest BCUT2D eigenvalue weighted by molar-refractivity contribution is 5.67. The zero-order chi connectivity index (χ0) is 15.5. The van der Waals surface area contributed by atoms with E-state index in [0.29, 0.717) is 13.1 Å². The van der Waals surface area contributed by atoms with Gasteiger partial charge in [-0.3, -0.25) is 14.6 Å². The van der Waals surface area contributed by atoms with Crippen LogP contribution in [0.15, 0.2) is 4.79 Å². The van der Waals surface area contributed by atoms with Gasteiger partial charge >= 0.3 is 6.09 Å². The van der Waals surface area contributed by atoms with Gasteiger partial charge in [-0.05, 0) is 52.9 Å². The summed E-state index contributed by atoms with van der Waals surface area (Å²) in [5.74, 6) is 0. The van der Waals surface area contributed by atoms with Crippen molar-refractivity contribution in [2.24, 2.45) is 0 Å². The smallest absolute Gasteiger partial charge is 0.407 e. The summed E-state index contributed by atoms with van der Waals surface area (Å²) in [7, 11) is 0. The van der Waals surface area contributed by atoms with Gasteiger partial charge in [0.2, 0.25) is 0 Å². The van der Waals surface area contributed by atoms with Crippen LogP contribution in [0.2, 0.25) is 0 Å². The summed E-state index contributed by atoms with van der Waals surface area (Å²) in [6, 6.07) is 0. The lowest BCUT2D eigenvalue weighted by molar-refractivity contribution is 0.0526. The lowest BCUT2D eigenvalue weighted by Gasteiger charge is -2.19. The van der Waals surface area contributed by atoms with Gasteiger partial charge in [-0.25, -0.2) is 4.79 Å². The SMILES string of the molecule is CC(C)(C)OC(=O)NCCCn1[nH]c(=O)c2c1CCCC2. The average molecular weight is 295 g/mol. The third-order valence-electron chi connectivity index (χ3n) is 3.50. The molecule has 0 bridgehead atoms. The molecule has 0 saturated carbocycles. The molecular formula is C15H25N3O3. The molecule has 6 heteroatoms. The Kier molecular flexibility index (Phi) is 4.75. The molecule has 6 nitrogen and oxygen atoms in total. The Bertz CT molecular complexity index is 551. The van der Waals surface area contributed by atoms with E-state index in [1.807, 2.05) is 25.5 Å². The predicted octanol–water partition coefficient (Wildman–Crippen LogP) is 1.97. The zero-order valence-corrected chi connectivity index (χ0v) is 13.1. The van der Waals surface area contributed by atoms with Crippen molar-refractivity contribution in [1.82, 2.24) is 15.1 Å². The van der Waals surface area contributed by atoms with Crippen molar-refractivity contribution in [2.45, 2.75) is 65.0 Å². The molecule has 21 heavy (non-hydrogen) atoms. The maximum Gasteiger partial charge on any atom is 0.407 e. The maximum absolute atomic E-state index is 11.8. The topological polar surface area (TPSA) is 76.1 Å². The molecule has 1 aliphatic carbocycles. The summed E-state index contributed by atoms with van der Waals surface area (Å²) in [6.45, 7) is 6.75. The molecule has 0 radical (unpaired) electrons. The fourth-order valence-electron chi connectivity index (χ4n) is 2.62. The monoisotopic (exact) mass is 295 g/mol. The highest BCUT2D eigenvalue weighted by Crippen LogP contribution is 2.17. The lowest BCUT2D eigenvalue weighted by atomic mass is 9.98. The Morgan fingerprint density at radius 3 is 2.76 bits per heavy atom. The first-order valence-corrected chi connectivity index (χ1v) is 7.64. The van der Waals surface area contributed by atoms with Crippen molar-refractivity contribution >= 4 is 6.09 Å². The Labute approximate surface area is 124 Å². The normalized spacial score (nSPS) is 14.6. The van der Waals surface area contributed by atoms with Crippen LogP contribution in [-0.2, 0) is 24.1 Å². The van der Waals surface area contributed by atoms with Crippen LogP contribution in [-0.4, -0.2) is 28.0 Å². The van der Waals surface area contributed by atoms with E-state index in [0.717, 1.165) is 43.4 Å². The summed E-state index contributed by atoms with van der Waals surface area (Å²) in [4.78, 5) is 23.3. The average Bonchev–Trinajstić information content (AvgIpc) is 2.70. The minimum Gasteiger partial charge on any atom is -0.444 e. The highest BCUT2D eigenvalue weighted by atomic mass is 16.6. The largest absolute Gasteiger partial charge is 0.444 e. The number of hydrogen-bond acceptors (Lipinski definition) is 3. The molecule has 1 amide bonds. The van der Waals surface area contributed by atoms with Crippen LogP contribution in [0.3, 0.4) is 0 Å². The summed E-state index contributed by atoms with van der Waals surface area (Å²) in [5.41, 5.74) is 1.66. The lowest BCUT2D eigenvalue weighted by Crippen LogP contribution is -2.33. The van der Waals surface area contributed by atoms with Gasteiger partial charge in [0.1, 0.15) is 5.60 Å². The van der Waals surface area contributed by atoms with Gasteiger partial charge in [0.05, 0.1) is 0 Å². The molecule has 0 unspecified atom stereocenters. The van der Waals surface area contributed by atoms with E-state index in [4.69, 9.17) is 4.74 Å². The molecular weight excluding hydrogens is 270 g/mol. The van der Waals surface area contributed by atoms with Crippen LogP contribution in [0.5, 0.6) is 0 Å². The van der Waals surface area contributed by atoms with Crippen LogP contribution in [0.25, 0.3) is 0 Å². The van der Waals surface area contributed by atoms with Crippen molar-refractivity contribution in [3.05, 3.63) is 21.6 Å². The summed E-state index contributed by atoms with van der Waals surface area (Å²) in [5, 5.41) is 5.63. The fraction of sp³-hybridized carbons (Fsp3) is 0.733. The van der Waals surface area contributed by atoms with Gasteiger partial charge in [0.25, 0.3) is 5.56 Å². The first-order chi connectivity index (χ1) is 9.87. The van der Waals surface area contributed by atoms with E-state index < -0.39 is 11.7 Å². The number of nitrogens with one attached hydrogen (secondary N) is 2. The number of carbonyl (C=O) groups is 1. The van der Waals surface area contributed by atoms with E-state index in [1.54, 1.807) is 0 Å². The number of amides is 1. The number of nitrogens with zero attached hydrogens (tertiary/aromatic N) is 1. The molecule has 118 valence electrons. The van der Waals surface area contributed by atoms with Gasteiger partial charge in [-0.2, -0.15) is 0 Å². The number of alkyl carbamates (subject to hydrolysis) is 1. The van der Waals surface area contributed by atoms with Crippen molar-refractivity contribution < 1.29 is 9.53 Å². The van der Waals surface area contributed by atoms with E-state index in [9.17, 15) is 9.59 Å². The molecule has 1 aromatic heterocycles. The number of H-pyrrole nitrogens is 1. The van der Waals surface area contributed by atoms with E-state index >= 15 is 0 Å². The molecule has 2 rings (SSSR count). The van der Waals surface area contributed by atoms with Gasteiger partial charge < -0.3 is 10.1 Å². The number of aryl methyl sites for hydroxylation is 1. The second-order valence-corrected chi connectivity index (χ2v) is 6.51. The van der Waals surface area contributed by atoms with Gasteiger partial charge in [-0.15, -0.1) is 0 Å². The number of ether oxygens (including phenoxy) is 1. The third kappa shape index (κ3) is 4.37. The Morgan fingerprint density at radius 2 is 2.05 bits per heavy atom. The van der Waals surface area contributed by atoms with Crippen molar-refractivity contribution in [2.75, 3.05) is 6.54 Å². The van der Waals surface area contributed by atoms with Crippen molar-refractivity contribution in [3.63, 3.8) is 0 Å². The fourth-order valence-corrected chi connectivity index (χ4v) is 2.62. The van der Waals surface area contributed by atoms with Crippen LogP contribution in [0.1, 0.15) is 51.3 Å². The third-order valence-corrected chi connectivity index (χ3v) is 3.50. The van der Waals surface area contributed by atoms with Crippen LogP contribution >= 0.6 is 0 Å². The predicted molar refractivity (Wildman–Crippen MR) is 80.5 cm³/mol. The Morgan fingerprint density at radius 1 is 1.33 bits per heavy atom. The van der Waals surface area contributed by atoms with Gasteiger partial charge in [0.15, 0.2) is 0 Å². The highest BCUT2D eigenvalue weighted by Gasteiger charge is 2.18. The van der Waals surface area contributed by atoms with Crippen LogP contribution in [0.4, 0.5) is 4.79 Å². The zero-order valence-electron chi connectivity index (χ0n) is 13.1. The summed E-state index contributed by atoms with van der Waals surface area (Å²) < 4.78 is 7.11. The molecule has 1 heterocycles. The molecule has 0 fully saturated rings. The number of carbonyl (C=O) groups excluding carboxylic acids is 1. The van der Waals surface area contributed by atoms with Gasteiger partial charge in [0, 0.05) is 24.3 Å². The number of hydrogen-bond donors (Lipinski definition) is 2. The van der Waals surface area contributed by atoms with E-state index in [1.165, 1.54) is 0 Å². The van der Waals surface area contributed by atoms with Crippen LogP contribution in [0, 0.1) is 0 Å². The summed E-state index contributed by atoms with van der Waals surface area (Å²) in [6.07, 6.45) is 4.45. The van der Waals surface area contributed by atoms with Crippen molar-refractivity contribution in [3.8, 4) is 0 Å². The number of aromatic nitrogens is 2. The first kappa shape index (κ1) is 15.7. The quantitative estimate of drug-likeness (QED) is 0.834. The molecule has 0 aromatic carbocycles. The minimum atomic E-state index is -0.477. The molecule has 1 aliphatic rings. The van der Waals surface area contributed by atoms with Gasteiger partial charge in [-0.1, -0.05) is 0 Å². The number of rotatable bonds is 4. The van der Waals surface area contributed by atoms with E-state index in [2.05, 4.69) is 10.4 Å². The van der Waals surface area contributed by atoms with Crippen molar-refractivity contribution in [1.29, 1.82) is 0 Å².